The Morgan fingerprint density at radius 3 is 2.42 bits per heavy atom. The molecule has 0 saturated heterocycles. The van der Waals surface area contributed by atoms with Crippen molar-refractivity contribution in [1.82, 2.24) is 4.98 Å². The number of nitrogens with one attached hydrogen (secondary N) is 1. The molecule has 40 heavy (non-hydrogen) atoms. The van der Waals surface area contributed by atoms with Gasteiger partial charge in [-0.3, -0.25) is 4.79 Å². The lowest BCUT2D eigenvalue weighted by Crippen LogP contribution is -2.32. The standard InChI is InChI=1S/C11H15Cl2O2PS3.C11H12N2O2.C4H4O2/c1-3-14-16(17,15-4-2)19-8-18-11-7-9(12)5-6-10(11)13;12-9(11(14)15)5-7-6-13-10-4-2-1-3-8(7)10;5-4-2-1-3-6-4/h5-7H,3-4,8H2,1-2H3;1-4,6,9,13H,5,12H2,(H,14,15);1-3,5H. The van der Waals surface area contributed by atoms with E-state index in [1.54, 1.807) is 30.0 Å². The molecule has 14 heteroatoms. The van der Waals surface area contributed by atoms with E-state index in [9.17, 15) is 4.79 Å². The van der Waals surface area contributed by atoms with Crippen LogP contribution in [0.4, 0.5) is 0 Å². The smallest absolute Gasteiger partial charge is 0.320 e. The second-order valence-electron chi connectivity index (χ2n) is 7.71. The molecule has 0 bridgehead atoms. The van der Waals surface area contributed by atoms with Crippen LogP contribution >= 0.6 is 52.0 Å². The number of halogens is 2. The molecule has 1 unspecified atom stereocenters. The highest BCUT2D eigenvalue weighted by molar-refractivity contribution is 8.69. The van der Waals surface area contributed by atoms with Crippen molar-refractivity contribution in [3.63, 3.8) is 0 Å². The van der Waals surface area contributed by atoms with Crippen LogP contribution in [0.2, 0.25) is 10.0 Å². The van der Waals surface area contributed by atoms with E-state index in [4.69, 9.17) is 60.0 Å². The molecule has 218 valence electrons. The van der Waals surface area contributed by atoms with Crippen LogP contribution in [0.15, 0.2) is 76.4 Å². The van der Waals surface area contributed by atoms with E-state index in [2.05, 4.69) is 9.40 Å². The van der Waals surface area contributed by atoms with Gasteiger partial charge in [-0.1, -0.05) is 52.8 Å². The first-order valence-electron chi connectivity index (χ1n) is 12.0. The van der Waals surface area contributed by atoms with E-state index in [0.717, 1.165) is 26.4 Å². The quantitative estimate of drug-likeness (QED) is 0.0707. The Hall–Kier alpha value is -1.66. The number of aromatic amines is 1. The Balaban J connectivity index is 0.000000235. The van der Waals surface area contributed by atoms with E-state index < -0.39 is 17.7 Å². The maximum absolute atomic E-state index is 10.6. The molecule has 4 aromatic rings. The third kappa shape index (κ3) is 12.1. The number of para-hydroxylation sites is 1. The summed E-state index contributed by atoms with van der Waals surface area (Å²) in [6, 6.07) is 15.4. The first-order chi connectivity index (χ1) is 19.1. The summed E-state index contributed by atoms with van der Waals surface area (Å²) in [7, 11) is 0. The van der Waals surface area contributed by atoms with Crippen LogP contribution in [0.5, 0.6) is 5.95 Å². The predicted molar refractivity (Wildman–Crippen MR) is 170 cm³/mol. The summed E-state index contributed by atoms with van der Waals surface area (Å²) in [6.45, 7) is 4.96. The normalized spacial score (nSPS) is 11.7. The van der Waals surface area contributed by atoms with Gasteiger partial charge in [0.15, 0.2) is 0 Å². The zero-order chi connectivity index (χ0) is 29.5. The minimum absolute atomic E-state index is 0.0324. The Bertz CT molecular complexity index is 1360. The lowest BCUT2D eigenvalue weighted by atomic mass is 10.1. The minimum Gasteiger partial charge on any atom is -0.481 e. The second-order valence-corrected chi connectivity index (χ2v) is 16.2. The molecule has 0 amide bonds. The van der Waals surface area contributed by atoms with Crippen molar-refractivity contribution in [1.29, 1.82) is 0 Å². The highest BCUT2D eigenvalue weighted by Gasteiger charge is 2.19. The van der Waals surface area contributed by atoms with Gasteiger partial charge in [-0.25, -0.2) is 0 Å². The molecule has 2 aromatic heterocycles. The molecule has 8 nitrogen and oxygen atoms in total. The summed E-state index contributed by atoms with van der Waals surface area (Å²) < 4.78 is 15.5. The van der Waals surface area contributed by atoms with Crippen LogP contribution < -0.4 is 5.73 Å². The molecule has 0 aliphatic rings. The largest absolute Gasteiger partial charge is 0.481 e. The van der Waals surface area contributed by atoms with E-state index in [-0.39, 0.29) is 5.95 Å². The fraction of sp³-hybridized carbons (Fsp3) is 0.269. The maximum Gasteiger partial charge on any atom is 0.320 e. The Morgan fingerprint density at radius 1 is 1.15 bits per heavy atom. The number of benzene rings is 2. The summed E-state index contributed by atoms with van der Waals surface area (Å²) in [4.78, 5) is 14.7. The van der Waals surface area contributed by atoms with Crippen LogP contribution in [0.1, 0.15) is 19.4 Å². The number of rotatable bonds is 11. The van der Waals surface area contributed by atoms with Gasteiger partial charge in [-0.2, -0.15) is 0 Å². The number of carbonyl (C=O) groups is 1. The van der Waals surface area contributed by atoms with Crippen LogP contribution in [0.25, 0.3) is 10.9 Å². The summed E-state index contributed by atoms with van der Waals surface area (Å²) in [6.07, 6.45) is 3.57. The number of aliphatic carboxylic acids is 1. The van der Waals surface area contributed by atoms with Crippen molar-refractivity contribution < 1.29 is 28.5 Å². The molecule has 2 aromatic carbocycles. The highest BCUT2D eigenvalue weighted by Crippen LogP contribution is 2.62. The fourth-order valence-corrected chi connectivity index (χ4v) is 10.6. The number of aromatic nitrogens is 1. The van der Waals surface area contributed by atoms with E-state index in [0.29, 0.717) is 29.7 Å². The molecular weight excluding hydrogens is 634 g/mol. The van der Waals surface area contributed by atoms with Gasteiger partial charge in [0.05, 0.1) is 29.6 Å². The average Bonchev–Trinajstić information content (AvgIpc) is 3.56. The average molecular weight is 666 g/mol. The van der Waals surface area contributed by atoms with Gasteiger partial charge < -0.3 is 34.4 Å². The molecule has 0 saturated carbocycles. The van der Waals surface area contributed by atoms with Gasteiger partial charge in [0, 0.05) is 39.5 Å². The molecule has 1 atom stereocenters. The number of nitrogens with two attached hydrogens (primary N) is 1. The number of hydrogen-bond donors (Lipinski definition) is 4. The van der Waals surface area contributed by atoms with Gasteiger partial charge in [0.2, 0.25) is 5.69 Å². The third-order valence-corrected chi connectivity index (χ3v) is 12.6. The molecule has 0 fully saturated rings. The zero-order valence-corrected chi connectivity index (χ0v) is 26.6. The first kappa shape index (κ1) is 34.5. The Morgan fingerprint density at radius 2 is 1.85 bits per heavy atom. The summed E-state index contributed by atoms with van der Waals surface area (Å²) in [5.41, 5.74) is 5.20. The van der Waals surface area contributed by atoms with Crippen LogP contribution in [-0.2, 0) is 32.1 Å². The number of carboxylic acid groups (broad SMARTS) is 1. The van der Waals surface area contributed by atoms with E-state index in [1.807, 2.05) is 50.4 Å². The highest BCUT2D eigenvalue weighted by atomic mass is 35.5. The van der Waals surface area contributed by atoms with Crippen molar-refractivity contribution in [2.75, 3.05) is 18.3 Å². The van der Waals surface area contributed by atoms with Crippen LogP contribution in [-0.4, -0.2) is 45.5 Å². The number of aromatic hydroxyl groups is 1. The maximum atomic E-state index is 10.6. The topological polar surface area (TPSA) is 131 Å². The van der Waals surface area contributed by atoms with Gasteiger partial charge in [-0.05, 0) is 61.5 Å². The zero-order valence-electron chi connectivity index (χ0n) is 21.8. The molecule has 2 heterocycles. The van der Waals surface area contributed by atoms with E-state index in [1.165, 1.54) is 23.7 Å². The molecular formula is C26H31Cl2N2O6PS3. The summed E-state index contributed by atoms with van der Waals surface area (Å²) >= 11 is 20.6. The van der Waals surface area contributed by atoms with Crippen LogP contribution in [0, 0.1) is 0 Å². The minimum atomic E-state index is -2.23. The van der Waals surface area contributed by atoms with Gasteiger partial charge >= 0.3 is 5.97 Å². The molecule has 0 aliphatic heterocycles. The third-order valence-electron chi connectivity index (χ3n) is 4.83. The number of thioether (sulfide) groups is 1. The SMILES string of the molecule is CCOP(=S)(OCC)SCSc1cc(Cl)ccc1Cl.NC(Cc1c[nH]c2ccccc12)C(=O)O.Oc1ccco1. The molecule has 0 spiro atoms. The number of carboxylic acids is 1. The number of furan rings is 1. The Kier molecular flexibility index (Phi) is 15.5. The van der Waals surface area contributed by atoms with Crippen molar-refractivity contribution in [2.24, 2.45) is 5.73 Å². The van der Waals surface area contributed by atoms with Crippen molar-refractivity contribution in [3.05, 3.63) is 82.7 Å². The second kappa shape index (κ2) is 18.0. The lowest BCUT2D eigenvalue weighted by molar-refractivity contribution is -0.138. The Labute approximate surface area is 256 Å². The van der Waals surface area contributed by atoms with Gasteiger partial charge in [0.25, 0.3) is 5.95 Å². The monoisotopic (exact) mass is 664 g/mol. The molecule has 5 N–H and O–H groups in total. The van der Waals surface area contributed by atoms with Crippen molar-refractivity contribution in [2.45, 2.75) is 31.2 Å². The van der Waals surface area contributed by atoms with E-state index >= 15 is 0 Å². The molecule has 4 rings (SSSR count). The van der Waals surface area contributed by atoms with Crippen molar-refractivity contribution >= 4 is 80.7 Å². The molecule has 0 radical (unpaired) electrons. The van der Waals surface area contributed by atoms with Gasteiger partial charge in [-0.15, -0.1) is 11.8 Å². The number of hydrogen-bond acceptors (Lipinski definition) is 9. The predicted octanol–water partition coefficient (Wildman–Crippen LogP) is 8.18. The first-order valence-corrected chi connectivity index (χ1v) is 17.9. The van der Waals surface area contributed by atoms with Gasteiger partial charge in [0.1, 0.15) is 6.04 Å². The van der Waals surface area contributed by atoms with Crippen molar-refractivity contribution in [3.8, 4) is 5.95 Å². The van der Waals surface area contributed by atoms with Crippen LogP contribution in [0.3, 0.4) is 0 Å². The molecule has 0 aliphatic carbocycles. The summed E-state index contributed by atoms with van der Waals surface area (Å²) in [5.74, 6) is -1.00. The lowest BCUT2D eigenvalue weighted by Gasteiger charge is -2.19. The number of H-pyrrole nitrogens is 1. The number of fused-ring (bicyclic) bond motifs is 1. The summed E-state index contributed by atoms with van der Waals surface area (Å²) in [5, 5.41) is 20.1. The fourth-order valence-electron chi connectivity index (χ4n) is 3.06.